The van der Waals surface area contributed by atoms with E-state index in [1.54, 1.807) is 0 Å². The van der Waals surface area contributed by atoms with E-state index >= 15 is 0 Å². The van der Waals surface area contributed by atoms with Gasteiger partial charge in [-0.15, -0.1) is 0 Å². The normalized spacial score (nSPS) is 12.4. The molecule has 0 spiro atoms. The van der Waals surface area contributed by atoms with Crippen molar-refractivity contribution in [2.75, 3.05) is 13.2 Å². The van der Waals surface area contributed by atoms with Gasteiger partial charge >= 0.3 is 17.9 Å². The highest BCUT2D eigenvalue weighted by Gasteiger charge is 2.19. The summed E-state index contributed by atoms with van der Waals surface area (Å²) in [6.07, 6.45) is 58.1. The van der Waals surface area contributed by atoms with E-state index in [0.29, 0.717) is 19.3 Å². The number of ether oxygens (including phenoxy) is 3. The van der Waals surface area contributed by atoms with Crippen LogP contribution in [0.25, 0.3) is 0 Å². The molecule has 6 heteroatoms. The van der Waals surface area contributed by atoms with Crippen molar-refractivity contribution in [3.63, 3.8) is 0 Å². The lowest BCUT2D eigenvalue weighted by Crippen LogP contribution is -2.30. The van der Waals surface area contributed by atoms with Crippen LogP contribution in [0.4, 0.5) is 0 Å². The van der Waals surface area contributed by atoms with Gasteiger partial charge in [-0.05, 0) is 70.6 Å². The van der Waals surface area contributed by atoms with Gasteiger partial charge in [0.1, 0.15) is 13.2 Å². The molecule has 0 aromatic heterocycles. The van der Waals surface area contributed by atoms with E-state index in [-0.39, 0.29) is 31.1 Å². The van der Waals surface area contributed by atoms with Crippen molar-refractivity contribution in [1.29, 1.82) is 0 Å². The lowest BCUT2D eigenvalue weighted by molar-refractivity contribution is -0.167. The Labute approximate surface area is 371 Å². The molecular weight excluding hydrogens is 745 g/mol. The highest BCUT2D eigenvalue weighted by atomic mass is 16.6. The fourth-order valence-electron chi connectivity index (χ4n) is 7.20. The predicted octanol–water partition coefficient (Wildman–Crippen LogP) is 16.7. The minimum absolute atomic E-state index is 0.0840. The molecule has 0 saturated heterocycles. The number of hydrogen-bond acceptors (Lipinski definition) is 6. The molecule has 0 heterocycles. The Hall–Kier alpha value is -2.63. The molecule has 348 valence electrons. The van der Waals surface area contributed by atoms with Crippen molar-refractivity contribution < 1.29 is 28.6 Å². The second kappa shape index (κ2) is 49.0. The molecule has 60 heavy (non-hydrogen) atoms. The Morgan fingerprint density at radius 1 is 0.333 bits per heavy atom. The molecule has 0 aliphatic rings. The number of allylic oxidation sites excluding steroid dienone is 8. The number of rotatable bonds is 46. The van der Waals surface area contributed by atoms with Crippen molar-refractivity contribution >= 4 is 17.9 Å². The first-order valence-corrected chi connectivity index (χ1v) is 25.7. The zero-order valence-corrected chi connectivity index (χ0v) is 39.7. The SMILES string of the molecule is CCCCCCC\C=C/C=C\C=C/CCCCCCCC(=O)OCC(COC(=O)CCCCCCCCCCCC)OC(=O)CCCCC/C=C\CCCCCCCCC. The average molecular weight is 841 g/mol. The molecule has 6 nitrogen and oxygen atoms in total. The first-order valence-electron chi connectivity index (χ1n) is 25.7. The van der Waals surface area contributed by atoms with Gasteiger partial charge in [-0.3, -0.25) is 14.4 Å². The summed E-state index contributed by atoms with van der Waals surface area (Å²) in [7, 11) is 0. The van der Waals surface area contributed by atoms with Crippen LogP contribution in [0.1, 0.15) is 258 Å². The van der Waals surface area contributed by atoms with Gasteiger partial charge in [-0.1, -0.05) is 217 Å². The predicted molar refractivity (Wildman–Crippen MR) is 256 cm³/mol. The largest absolute Gasteiger partial charge is 0.462 e. The van der Waals surface area contributed by atoms with Crippen LogP contribution in [0.15, 0.2) is 48.6 Å². The van der Waals surface area contributed by atoms with Crippen LogP contribution in [0, 0.1) is 0 Å². The maximum absolute atomic E-state index is 12.8. The number of hydrogen-bond donors (Lipinski definition) is 0. The van der Waals surface area contributed by atoms with E-state index in [4.69, 9.17) is 14.2 Å². The third kappa shape index (κ3) is 46.4. The van der Waals surface area contributed by atoms with Gasteiger partial charge in [-0.25, -0.2) is 0 Å². The maximum atomic E-state index is 12.8. The zero-order valence-electron chi connectivity index (χ0n) is 39.7. The van der Waals surface area contributed by atoms with Gasteiger partial charge in [0.05, 0.1) is 0 Å². The smallest absolute Gasteiger partial charge is 0.306 e. The second-order valence-electron chi connectivity index (χ2n) is 17.1. The highest BCUT2D eigenvalue weighted by molar-refractivity contribution is 5.71. The van der Waals surface area contributed by atoms with Gasteiger partial charge < -0.3 is 14.2 Å². The van der Waals surface area contributed by atoms with E-state index in [9.17, 15) is 14.4 Å². The molecular formula is C54H96O6. The summed E-state index contributed by atoms with van der Waals surface area (Å²) in [5.41, 5.74) is 0. The number of esters is 3. The van der Waals surface area contributed by atoms with Crippen molar-refractivity contribution in [2.45, 2.75) is 264 Å². The van der Waals surface area contributed by atoms with E-state index in [1.165, 1.54) is 128 Å². The molecule has 0 amide bonds. The van der Waals surface area contributed by atoms with Crippen molar-refractivity contribution in [1.82, 2.24) is 0 Å². The van der Waals surface area contributed by atoms with Crippen LogP contribution in [-0.2, 0) is 28.6 Å². The van der Waals surface area contributed by atoms with Crippen LogP contribution in [-0.4, -0.2) is 37.2 Å². The van der Waals surface area contributed by atoms with Crippen molar-refractivity contribution in [3.05, 3.63) is 48.6 Å². The summed E-state index contributed by atoms with van der Waals surface area (Å²) in [5.74, 6) is -0.916. The summed E-state index contributed by atoms with van der Waals surface area (Å²) >= 11 is 0. The van der Waals surface area contributed by atoms with Crippen LogP contribution in [0.3, 0.4) is 0 Å². The zero-order chi connectivity index (χ0) is 43.7. The monoisotopic (exact) mass is 841 g/mol. The van der Waals surface area contributed by atoms with E-state index in [1.807, 2.05) is 0 Å². The molecule has 0 bridgehead atoms. The molecule has 0 aliphatic heterocycles. The quantitative estimate of drug-likeness (QED) is 0.0200. The molecule has 0 aliphatic carbocycles. The third-order valence-corrected chi connectivity index (χ3v) is 11.1. The van der Waals surface area contributed by atoms with Crippen LogP contribution in [0.5, 0.6) is 0 Å². The average Bonchev–Trinajstić information content (AvgIpc) is 3.24. The second-order valence-corrected chi connectivity index (χ2v) is 17.1. The Morgan fingerprint density at radius 3 is 0.983 bits per heavy atom. The van der Waals surface area contributed by atoms with Crippen LogP contribution in [0.2, 0.25) is 0 Å². The summed E-state index contributed by atoms with van der Waals surface area (Å²) in [4.78, 5) is 37.9. The van der Waals surface area contributed by atoms with Crippen molar-refractivity contribution in [2.24, 2.45) is 0 Å². The van der Waals surface area contributed by atoms with Gasteiger partial charge in [0.15, 0.2) is 6.10 Å². The van der Waals surface area contributed by atoms with Crippen molar-refractivity contribution in [3.8, 4) is 0 Å². The van der Waals surface area contributed by atoms with Crippen LogP contribution >= 0.6 is 0 Å². The van der Waals surface area contributed by atoms with E-state index in [0.717, 1.165) is 89.9 Å². The Kier molecular flexibility index (Phi) is 46.9. The van der Waals surface area contributed by atoms with Gasteiger partial charge in [-0.2, -0.15) is 0 Å². The third-order valence-electron chi connectivity index (χ3n) is 11.1. The fourth-order valence-corrected chi connectivity index (χ4v) is 7.20. The molecule has 0 aromatic rings. The lowest BCUT2D eigenvalue weighted by atomic mass is 10.1. The first-order chi connectivity index (χ1) is 29.5. The molecule has 1 unspecified atom stereocenters. The maximum Gasteiger partial charge on any atom is 0.306 e. The fraction of sp³-hybridized carbons (Fsp3) is 0.796. The molecule has 0 rings (SSSR count). The lowest BCUT2D eigenvalue weighted by Gasteiger charge is -2.18. The number of carbonyl (C=O) groups is 3. The van der Waals surface area contributed by atoms with E-state index < -0.39 is 6.10 Å². The topological polar surface area (TPSA) is 78.9 Å². The van der Waals surface area contributed by atoms with Crippen LogP contribution < -0.4 is 0 Å². The summed E-state index contributed by atoms with van der Waals surface area (Å²) in [6.45, 7) is 6.58. The summed E-state index contributed by atoms with van der Waals surface area (Å²) in [5, 5.41) is 0. The molecule has 0 aromatic carbocycles. The minimum Gasteiger partial charge on any atom is -0.462 e. The molecule has 0 saturated carbocycles. The highest BCUT2D eigenvalue weighted by Crippen LogP contribution is 2.14. The van der Waals surface area contributed by atoms with Gasteiger partial charge in [0.25, 0.3) is 0 Å². The van der Waals surface area contributed by atoms with Gasteiger partial charge in [0, 0.05) is 19.3 Å². The van der Waals surface area contributed by atoms with E-state index in [2.05, 4.69) is 69.4 Å². The Morgan fingerprint density at radius 2 is 0.617 bits per heavy atom. The summed E-state index contributed by atoms with van der Waals surface area (Å²) < 4.78 is 16.7. The molecule has 0 radical (unpaired) electrons. The molecule has 1 atom stereocenters. The molecule has 0 N–H and O–H groups in total. The number of carbonyl (C=O) groups excluding carboxylic acids is 3. The summed E-state index contributed by atoms with van der Waals surface area (Å²) in [6, 6.07) is 0. The Bertz CT molecular complexity index is 1060. The standard InChI is InChI=1S/C54H96O6/c1-4-7-10-13-16-19-22-24-26-27-28-29-31-32-35-38-41-44-47-53(56)59-50-51(49-58-52(55)46-43-40-37-34-21-18-15-12-9-6-3)60-54(57)48-45-42-39-36-33-30-25-23-20-17-14-11-8-5-2/h22,24,26-30,33,51H,4-21,23,25,31-32,34-50H2,1-3H3/b24-22-,27-26-,29-28-,33-30-. The minimum atomic E-state index is -0.785. The first kappa shape index (κ1) is 57.4. The Balaban J connectivity index is 4.39. The molecule has 0 fully saturated rings. The van der Waals surface area contributed by atoms with Gasteiger partial charge in [0.2, 0.25) is 0 Å². The number of unbranched alkanes of at least 4 members (excludes halogenated alkanes) is 29.